The van der Waals surface area contributed by atoms with Crippen LogP contribution in [0, 0.1) is 6.92 Å². The number of carbonyl (C=O) groups is 1. The fourth-order valence-electron chi connectivity index (χ4n) is 3.43. The van der Waals surface area contributed by atoms with Crippen LogP contribution in [0.2, 0.25) is 0 Å². The predicted molar refractivity (Wildman–Crippen MR) is 118 cm³/mol. The summed E-state index contributed by atoms with van der Waals surface area (Å²) in [5.74, 6) is -0.0968. The van der Waals surface area contributed by atoms with Gasteiger partial charge in [-0.05, 0) is 25.0 Å². The standard InChI is InChI=1S/C24H23N3O2S/c1-16-15-30-23(25-16)17(2)27(3)24(28)21-14-20(26-29-21)22(18-10-6-4-7-11-18)19-12-8-5-9-13-19/h4-15,17,22H,1-3H3. The van der Waals surface area contributed by atoms with Crippen molar-refractivity contribution in [3.63, 3.8) is 0 Å². The molecule has 4 aromatic rings. The van der Waals surface area contributed by atoms with Gasteiger partial charge in [0.2, 0.25) is 5.76 Å². The van der Waals surface area contributed by atoms with Crippen LogP contribution in [0.1, 0.15) is 57.0 Å². The third-order valence-electron chi connectivity index (χ3n) is 5.20. The fraction of sp³-hybridized carbons (Fsp3) is 0.208. The molecule has 2 aromatic carbocycles. The van der Waals surface area contributed by atoms with Crippen molar-refractivity contribution in [1.82, 2.24) is 15.0 Å². The third-order valence-corrected chi connectivity index (χ3v) is 6.33. The SMILES string of the molecule is Cc1csc(C(C)N(C)C(=O)c2cc(C(c3ccccc3)c3ccccc3)no2)n1. The number of thiazole rings is 1. The van der Waals surface area contributed by atoms with Crippen molar-refractivity contribution < 1.29 is 9.32 Å². The van der Waals surface area contributed by atoms with Crippen LogP contribution >= 0.6 is 11.3 Å². The Balaban J connectivity index is 1.63. The molecule has 0 radical (unpaired) electrons. The molecule has 0 saturated heterocycles. The molecule has 1 unspecified atom stereocenters. The molecule has 6 heteroatoms. The Hall–Kier alpha value is -3.25. The van der Waals surface area contributed by atoms with Crippen LogP contribution in [0.3, 0.4) is 0 Å². The highest BCUT2D eigenvalue weighted by Gasteiger charge is 2.27. The molecule has 0 N–H and O–H groups in total. The first-order valence-corrected chi connectivity index (χ1v) is 10.7. The summed E-state index contributed by atoms with van der Waals surface area (Å²) in [6.07, 6.45) is 0. The molecule has 0 fully saturated rings. The summed E-state index contributed by atoms with van der Waals surface area (Å²) >= 11 is 1.55. The fourth-order valence-corrected chi connectivity index (χ4v) is 4.33. The van der Waals surface area contributed by atoms with Gasteiger partial charge in [0.1, 0.15) is 5.01 Å². The summed E-state index contributed by atoms with van der Waals surface area (Å²) in [6.45, 7) is 3.91. The van der Waals surface area contributed by atoms with Gasteiger partial charge in [-0.15, -0.1) is 11.3 Å². The largest absolute Gasteiger partial charge is 0.351 e. The molecule has 0 aliphatic heterocycles. The average Bonchev–Trinajstić information content (AvgIpc) is 3.43. The van der Waals surface area contributed by atoms with E-state index in [1.54, 1.807) is 29.4 Å². The molecule has 30 heavy (non-hydrogen) atoms. The molecule has 2 aromatic heterocycles. The third kappa shape index (κ3) is 4.04. The summed E-state index contributed by atoms with van der Waals surface area (Å²) in [6, 6.07) is 21.8. The van der Waals surface area contributed by atoms with E-state index in [4.69, 9.17) is 4.52 Å². The van der Waals surface area contributed by atoms with E-state index in [1.165, 1.54) is 0 Å². The van der Waals surface area contributed by atoms with E-state index in [0.717, 1.165) is 21.8 Å². The van der Waals surface area contributed by atoms with Gasteiger partial charge in [0.25, 0.3) is 5.91 Å². The van der Waals surface area contributed by atoms with E-state index >= 15 is 0 Å². The number of carbonyl (C=O) groups excluding carboxylic acids is 1. The molecule has 0 saturated carbocycles. The Morgan fingerprint density at radius 3 is 2.17 bits per heavy atom. The first kappa shape index (κ1) is 20.0. The lowest BCUT2D eigenvalue weighted by Gasteiger charge is -2.21. The van der Waals surface area contributed by atoms with Gasteiger partial charge < -0.3 is 9.42 Å². The second-order valence-corrected chi connectivity index (χ2v) is 8.18. The van der Waals surface area contributed by atoms with Gasteiger partial charge in [-0.3, -0.25) is 4.79 Å². The van der Waals surface area contributed by atoms with Crippen LogP contribution in [-0.2, 0) is 0 Å². The van der Waals surface area contributed by atoms with E-state index in [9.17, 15) is 4.79 Å². The highest BCUT2D eigenvalue weighted by molar-refractivity contribution is 7.09. The molecule has 5 nitrogen and oxygen atoms in total. The normalized spacial score (nSPS) is 12.1. The topological polar surface area (TPSA) is 59.2 Å². The van der Waals surface area contributed by atoms with Crippen LogP contribution in [-0.4, -0.2) is 28.0 Å². The van der Waals surface area contributed by atoms with E-state index in [2.05, 4.69) is 34.4 Å². The lowest BCUT2D eigenvalue weighted by molar-refractivity contribution is 0.0700. The molecule has 0 spiro atoms. The maximum atomic E-state index is 13.0. The Labute approximate surface area is 180 Å². The van der Waals surface area contributed by atoms with Gasteiger partial charge in [0.05, 0.1) is 17.7 Å². The summed E-state index contributed by atoms with van der Waals surface area (Å²) < 4.78 is 5.50. The van der Waals surface area contributed by atoms with Gasteiger partial charge in [-0.2, -0.15) is 0 Å². The van der Waals surface area contributed by atoms with Crippen molar-refractivity contribution in [3.05, 3.63) is 105 Å². The highest BCUT2D eigenvalue weighted by atomic mass is 32.1. The monoisotopic (exact) mass is 417 g/mol. The number of hydrogen-bond donors (Lipinski definition) is 0. The number of rotatable bonds is 6. The van der Waals surface area contributed by atoms with Crippen LogP contribution in [0.15, 0.2) is 76.6 Å². The molecule has 1 amide bonds. The van der Waals surface area contributed by atoms with Crippen LogP contribution in [0.5, 0.6) is 0 Å². The summed E-state index contributed by atoms with van der Waals surface area (Å²) in [7, 11) is 1.76. The summed E-state index contributed by atoms with van der Waals surface area (Å²) in [4.78, 5) is 19.2. The lowest BCUT2D eigenvalue weighted by atomic mass is 9.88. The van der Waals surface area contributed by atoms with Crippen LogP contribution < -0.4 is 0 Å². The smallest absolute Gasteiger partial charge is 0.292 e. The molecule has 0 aliphatic rings. The van der Waals surface area contributed by atoms with Crippen molar-refractivity contribution in [3.8, 4) is 0 Å². The maximum absolute atomic E-state index is 13.0. The first-order valence-electron chi connectivity index (χ1n) is 9.80. The molecular weight excluding hydrogens is 394 g/mol. The molecule has 4 rings (SSSR count). The van der Waals surface area contributed by atoms with Gasteiger partial charge >= 0.3 is 0 Å². The minimum Gasteiger partial charge on any atom is -0.351 e. The molecule has 2 heterocycles. The van der Waals surface area contributed by atoms with Gasteiger partial charge in [-0.25, -0.2) is 4.98 Å². The number of aryl methyl sites for hydroxylation is 1. The summed E-state index contributed by atoms with van der Waals surface area (Å²) in [5.41, 5.74) is 3.85. The first-order chi connectivity index (χ1) is 14.5. The number of hydrogen-bond acceptors (Lipinski definition) is 5. The minimum absolute atomic E-state index is 0.109. The van der Waals surface area contributed by atoms with Crippen molar-refractivity contribution >= 4 is 17.2 Å². The van der Waals surface area contributed by atoms with E-state index in [0.29, 0.717) is 5.69 Å². The Morgan fingerprint density at radius 2 is 1.63 bits per heavy atom. The minimum atomic E-state index is -0.214. The molecule has 0 aliphatic carbocycles. The Morgan fingerprint density at radius 1 is 1.03 bits per heavy atom. The zero-order chi connectivity index (χ0) is 21.1. The quantitative estimate of drug-likeness (QED) is 0.418. The second kappa shape index (κ2) is 8.63. The Kier molecular flexibility index (Phi) is 5.77. The summed E-state index contributed by atoms with van der Waals surface area (Å²) in [5, 5.41) is 7.16. The van der Waals surface area contributed by atoms with E-state index in [-0.39, 0.29) is 23.6 Å². The predicted octanol–water partition coefficient (Wildman–Crippen LogP) is 5.45. The van der Waals surface area contributed by atoms with E-state index < -0.39 is 0 Å². The zero-order valence-electron chi connectivity index (χ0n) is 17.1. The second-order valence-electron chi connectivity index (χ2n) is 7.29. The number of benzene rings is 2. The molecule has 1 atom stereocenters. The van der Waals surface area contributed by atoms with Crippen molar-refractivity contribution in [2.75, 3.05) is 7.05 Å². The zero-order valence-corrected chi connectivity index (χ0v) is 18.0. The number of aromatic nitrogens is 2. The average molecular weight is 418 g/mol. The highest BCUT2D eigenvalue weighted by Crippen LogP contribution is 2.32. The Bertz CT molecular complexity index is 1080. The number of amides is 1. The molecule has 0 bridgehead atoms. The van der Waals surface area contributed by atoms with Gasteiger partial charge in [-0.1, -0.05) is 65.8 Å². The van der Waals surface area contributed by atoms with Crippen molar-refractivity contribution in [1.29, 1.82) is 0 Å². The van der Waals surface area contributed by atoms with Crippen LogP contribution in [0.25, 0.3) is 0 Å². The van der Waals surface area contributed by atoms with Gasteiger partial charge in [0, 0.05) is 24.2 Å². The van der Waals surface area contributed by atoms with Crippen molar-refractivity contribution in [2.45, 2.75) is 25.8 Å². The maximum Gasteiger partial charge on any atom is 0.292 e. The lowest BCUT2D eigenvalue weighted by Crippen LogP contribution is -2.29. The van der Waals surface area contributed by atoms with Gasteiger partial charge in [0.15, 0.2) is 0 Å². The molecule has 152 valence electrons. The van der Waals surface area contributed by atoms with E-state index in [1.807, 2.05) is 55.6 Å². The van der Waals surface area contributed by atoms with Crippen LogP contribution in [0.4, 0.5) is 0 Å². The molecular formula is C24H23N3O2S. The number of nitrogens with zero attached hydrogens (tertiary/aromatic N) is 3. The van der Waals surface area contributed by atoms with Crippen molar-refractivity contribution in [2.24, 2.45) is 0 Å².